The van der Waals surface area contributed by atoms with Crippen LogP contribution in [0.5, 0.6) is 0 Å². The molecular weight excluding hydrogens is 490 g/mol. The van der Waals surface area contributed by atoms with Crippen molar-refractivity contribution in [3.05, 3.63) is 101 Å². The van der Waals surface area contributed by atoms with Gasteiger partial charge in [-0.25, -0.2) is 0 Å². The molecule has 0 fully saturated rings. The average molecular weight is 505 g/mol. The van der Waals surface area contributed by atoms with Gasteiger partial charge in [-0.2, -0.15) is 0 Å². The summed E-state index contributed by atoms with van der Waals surface area (Å²) in [6.07, 6.45) is 0. The maximum Gasteiger partial charge on any atom is 0 e. The Balaban J connectivity index is 0.000000615. The smallest absolute Gasteiger partial charge is 0 e. The van der Waals surface area contributed by atoms with Crippen molar-refractivity contribution >= 4 is 23.8 Å². The molecule has 0 aromatic heterocycles. The van der Waals surface area contributed by atoms with Crippen LogP contribution in [-0.2, 0) is 22.4 Å². The van der Waals surface area contributed by atoms with Crippen LogP contribution in [0.1, 0.15) is 0 Å². The summed E-state index contributed by atoms with van der Waals surface area (Å²) >= 11 is 0. The second kappa shape index (κ2) is 10.9. The molecule has 3 aromatic rings. The maximum absolute atomic E-state index is 8.00. The van der Waals surface area contributed by atoms with Crippen LogP contribution < -0.4 is 15.9 Å². The molecule has 0 aliphatic heterocycles. The quantitative estimate of drug-likeness (QED) is 0.236. The van der Waals surface area contributed by atoms with Crippen LogP contribution in [0.25, 0.3) is 0 Å². The van der Waals surface area contributed by atoms with E-state index in [2.05, 4.69) is 91.0 Å². The number of nitrogens with zero attached hydrogens (tertiary/aromatic N) is 1. The molecule has 0 saturated carbocycles. The van der Waals surface area contributed by atoms with Crippen LogP contribution in [0.15, 0.2) is 96.3 Å². The molecule has 0 unspecified atom stereocenters. The third-order valence-electron chi connectivity index (χ3n) is 3.04. The van der Waals surface area contributed by atoms with Crippen molar-refractivity contribution in [2.24, 2.45) is 5.34 Å². The zero-order chi connectivity index (χ0) is 15.6. The monoisotopic (exact) mass is 505 g/mol. The van der Waals surface area contributed by atoms with E-state index in [4.69, 9.17) is 10.1 Å². The van der Waals surface area contributed by atoms with Crippen molar-refractivity contribution in [1.82, 2.24) is 0 Å². The molecule has 0 heterocycles. The molecule has 0 amide bonds. The number of hydrogen-bond donors (Lipinski definition) is 0. The fraction of sp³-hybridized carbons (Fsp3) is 0. The van der Waals surface area contributed by atoms with Gasteiger partial charge in [0.05, 0.1) is 0 Å². The SMILES string of the molecule is O=N[O-].[Au].c1ccc(P(c2ccccc2)c2ccccc2)cc1. The van der Waals surface area contributed by atoms with Gasteiger partial charge in [-0.05, 0) is 23.8 Å². The Morgan fingerprint density at radius 1 is 0.609 bits per heavy atom. The summed E-state index contributed by atoms with van der Waals surface area (Å²) in [5, 5.41) is 13.2. The van der Waals surface area contributed by atoms with Crippen LogP contribution in [0.3, 0.4) is 0 Å². The van der Waals surface area contributed by atoms with E-state index < -0.39 is 7.92 Å². The zero-order valence-electron chi connectivity index (χ0n) is 12.2. The molecule has 0 atom stereocenters. The van der Waals surface area contributed by atoms with E-state index in [-0.39, 0.29) is 22.4 Å². The second-order valence-corrected chi connectivity index (χ2v) is 6.64. The van der Waals surface area contributed by atoms with Gasteiger partial charge in [-0.15, -0.1) is 5.34 Å². The molecule has 0 N–H and O–H groups in total. The van der Waals surface area contributed by atoms with Crippen LogP contribution in [0.4, 0.5) is 0 Å². The molecule has 121 valence electrons. The minimum Gasteiger partial charge on any atom is -0.444 e. The Hall–Kier alpha value is -1.77. The van der Waals surface area contributed by atoms with Crippen molar-refractivity contribution in [3.8, 4) is 0 Å². The molecule has 3 rings (SSSR count). The first-order chi connectivity index (χ1) is 10.9. The molecular formula is C18H15AuNO2P-. The maximum atomic E-state index is 8.00. The summed E-state index contributed by atoms with van der Waals surface area (Å²) in [5.41, 5.74) is 0. The fourth-order valence-electron chi connectivity index (χ4n) is 2.18. The second-order valence-electron chi connectivity index (χ2n) is 4.42. The molecule has 0 aliphatic rings. The molecule has 3 nitrogen and oxygen atoms in total. The van der Waals surface area contributed by atoms with Gasteiger partial charge in [0.1, 0.15) is 0 Å². The molecule has 0 saturated heterocycles. The van der Waals surface area contributed by atoms with E-state index in [1.807, 2.05) is 0 Å². The first-order valence-electron chi connectivity index (χ1n) is 6.77. The largest absolute Gasteiger partial charge is 0.444 e. The third-order valence-corrected chi connectivity index (χ3v) is 5.49. The van der Waals surface area contributed by atoms with Crippen molar-refractivity contribution in [1.29, 1.82) is 0 Å². The average Bonchev–Trinajstić information content (AvgIpc) is 2.59. The minimum absolute atomic E-state index is 0. The summed E-state index contributed by atoms with van der Waals surface area (Å²) in [4.78, 5) is 8.00. The summed E-state index contributed by atoms with van der Waals surface area (Å²) < 4.78 is 0. The third kappa shape index (κ3) is 5.74. The Labute approximate surface area is 152 Å². The van der Waals surface area contributed by atoms with Gasteiger partial charge in [0.25, 0.3) is 0 Å². The topological polar surface area (TPSA) is 52.5 Å². The summed E-state index contributed by atoms with van der Waals surface area (Å²) in [6.45, 7) is 0. The van der Waals surface area contributed by atoms with Gasteiger partial charge in [-0.3, -0.25) is 0 Å². The molecule has 23 heavy (non-hydrogen) atoms. The normalized spacial score (nSPS) is 9.26. The Kier molecular flexibility index (Phi) is 9.11. The summed E-state index contributed by atoms with van der Waals surface area (Å²) in [6, 6.07) is 32.3. The predicted octanol–water partition coefficient (Wildman–Crippen LogP) is 3.69. The summed E-state index contributed by atoms with van der Waals surface area (Å²) in [5.74, 6) is 0. The van der Waals surface area contributed by atoms with E-state index in [1.165, 1.54) is 15.9 Å². The van der Waals surface area contributed by atoms with Crippen LogP contribution in [0.2, 0.25) is 0 Å². The van der Waals surface area contributed by atoms with E-state index in [0.717, 1.165) is 5.34 Å². The van der Waals surface area contributed by atoms with Crippen molar-refractivity contribution < 1.29 is 22.4 Å². The minimum atomic E-state index is -0.446. The first kappa shape index (κ1) is 19.3. The van der Waals surface area contributed by atoms with Gasteiger partial charge < -0.3 is 10.1 Å². The molecule has 1 radical (unpaired) electrons. The Bertz CT molecular complexity index is 587. The van der Waals surface area contributed by atoms with E-state index in [1.54, 1.807) is 0 Å². The molecule has 0 spiro atoms. The van der Waals surface area contributed by atoms with Crippen LogP contribution in [-0.4, -0.2) is 0 Å². The van der Waals surface area contributed by atoms with Gasteiger partial charge in [0, 0.05) is 22.4 Å². The standard InChI is InChI=1S/C18H15P.Au.HNO2/c1-4-10-16(11-5-1)19(17-12-6-2-7-13-17)18-14-8-3-9-15-18;;2-1-3/h1-15H;;(H,2,3)/p-1. The number of hydrogen-bond acceptors (Lipinski definition) is 3. The Morgan fingerprint density at radius 3 is 1.04 bits per heavy atom. The molecule has 3 aromatic carbocycles. The fourth-order valence-corrected chi connectivity index (χ4v) is 4.48. The van der Waals surface area contributed by atoms with Gasteiger partial charge in [-0.1, -0.05) is 91.0 Å². The zero-order valence-corrected chi connectivity index (χ0v) is 15.2. The van der Waals surface area contributed by atoms with Crippen molar-refractivity contribution in [2.45, 2.75) is 0 Å². The molecule has 0 aliphatic carbocycles. The summed E-state index contributed by atoms with van der Waals surface area (Å²) in [7, 11) is -0.446. The van der Waals surface area contributed by atoms with Gasteiger partial charge >= 0.3 is 0 Å². The molecule has 5 heteroatoms. The Morgan fingerprint density at radius 2 is 0.826 bits per heavy atom. The van der Waals surface area contributed by atoms with Crippen LogP contribution in [0, 0.1) is 10.1 Å². The van der Waals surface area contributed by atoms with E-state index in [0.29, 0.717) is 0 Å². The molecule has 0 bridgehead atoms. The van der Waals surface area contributed by atoms with Crippen molar-refractivity contribution in [3.63, 3.8) is 0 Å². The first-order valence-corrected chi connectivity index (χ1v) is 8.11. The van der Waals surface area contributed by atoms with Crippen molar-refractivity contribution in [2.75, 3.05) is 0 Å². The van der Waals surface area contributed by atoms with E-state index in [9.17, 15) is 0 Å². The number of rotatable bonds is 3. The number of benzene rings is 3. The van der Waals surface area contributed by atoms with Crippen LogP contribution >= 0.6 is 7.92 Å². The van der Waals surface area contributed by atoms with Gasteiger partial charge in [0.15, 0.2) is 0 Å². The van der Waals surface area contributed by atoms with E-state index >= 15 is 0 Å². The van der Waals surface area contributed by atoms with Gasteiger partial charge in [0.2, 0.25) is 0 Å². The predicted molar refractivity (Wildman–Crippen MR) is 94.3 cm³/mol.